The predicted molar refractivity (Wildman–Crippen MR) is 68.3 cm³/mol. The summed E-state index contributed by atoms with van der Waals surface area (Å²) in [6.45, 7) is 4.14. The van der Waals surface area contributed by atoms with Crippen LogP contribution in [0.3, 0.4) is 0 Å². The van der Waals surface area contributed by atoms with Crippen LogP contribution >= 0.6 is 0 Å². The van der Waals surface area contributed by atoms with Crippen molar-refractivity contribution in [2.45, 2.75) is 71.3 Å². The maximum atomic E-state index is 12.3. The Morgan fingerprint density at radius 3 is 2.18 bits per heavy atom. The highest BCUT2D eigenvalue weighted by atomic mass is 16.2. The average Bonchev–Trinajstić information content (AvgIpc) is 2.61. The van der Waals surface area contributed by atoms with Gasteiger partial charge in [-0.15, -0.1) is 0 Å². The molecule has 3 nitrogen and oxygen atoms in total. The Hall–Kier alpha value is -1.04. The number of carbonyl (C=O) groups excluding carboxylic acids is 1. The smallest absolute Gasteiger partial charge is 0.240 e. The maximum Gasteiger partial charge on any atom is 0.240 e. The average molecular weight is 236 g/mol. The first-order valence-corrected chi connectivity index (χ1v) is 6.90. The molecule has 0 aromatic carbocycles. The molecule has 1 aliphatic rings. The summed E-state index contributed by atoms with van der Waals surface area (Å²) in [4.78, 5) is 12.3. The zero-order valence-corrected chi connectivity index (χ0v) is 11.1. The van der Waals surface area contributed by atoms with E-state index in [0.717, 1.165) is 51.4 Å². The molecule has 0 radical (unpaired) electrons. The Morgan fingerprint density at radius 1 is 1.24 bits per heavy atom. The Morgan fingerprint density at radius 2 is 1.76 bits per heavy atom. The molecule has 0 heterocycles. The second-order valence-corrected chi connectivity index (χ2v) is 5.10. The molecule has 0 spiro atoms. The second kappa shape index (κ2) is 6.64. The predicted octanol–water partition coefficient (Wildman–Crippen LogP) is 3.16. The monoisotopic (exact) mass is 236 g/mol. The molecule has 1 N–H and O–H groups in total. The van der Waals surface area contributed by atoms with Crippen molar-refractivity contribution in [3.63, 3.8) is 0 Å². The third-order valence-electron chi connectivity index (χ3n) is 3.93. The molecule has 3 heteroatoms. The van der Waals surface area contributed by atoms with E-state index < -0.39 is 5.41 Å². The van der Waals surface area contributed by atoms with Gasteiger partial charge >= 0.3 is 0 Å². The van der Waals surface area contributed by atoms with Gasteiger partial charge in [-0.2, -0.15) is 5.26 Å². The highest BCUT2D eigenvalue weighted by Gasteiger charge is 2.39. The van der Waals surface area contributed by atoms with E-state index in [0.29, 0.717) is 0 Å². The van der Waals surface area contributed by atoms with Crippen LogP contribution in [0.4, 0.5) is 0 Å². The fourth-order valence-electron chi connectivity index (χ4n) is 2.54. The number of rotatable bonds is 4. The summed E-state index contributed by atoms with van der Waals surface area (Å²) in [5.74, 6) is -0.0319. The fraction of sp³-hybridized carbons (Fsp3) is 0.857. The normalized spacial score (nSPS) is 19.4. The maximum absolute atomic E-state index is 12.3. The largest absolute Gasteiger partial charge is 0.352 e. The van der Waals surface area contributed by atoms with E-state index in [4.69, 9.17) is 0 Å². The molecular weight excluding hydrogens is 212 g/mol. The van der Waals surface area contributed by atoms with Crippen molar-refractivity contribution >= 4 is 5.91 Å². The number of carbonyl (C=O) groups is 1. The molecule has 0 unspecified atom stereocenters. The van der Waals surface area contributed by atoms with Gasteiger partial charge in [0.05, 0.1) is 6.07 Å². The zero-order valence-electron chi connectivity index (χ0n) is 11.1. The summed E-state index contributed by atoms with van der Waals surface area (Å²) in [5.41, 5.74) is -0.751. The molecule has 1 aliphatic carbocycles. The topological polar surface area (TPSA) is 52.9 Å². The third kappa shape index (κ3) is 3.46. The van der Waals surface area contributed by atoms with E-state index >= 15 is 0 Å². The van der Waals surface area contributed by atoms with Crippen molar-refractivity contribution in [1.82, 2.24) is 5.32 Å². The third-order valence-corrected chi connectivity index (χ3v) is 3.93. The summed E-state index contributed by atoms with van der Waals surface area (Å²) in [7, 11) is 0. The molecule has 1 amide bonds. The molecule has 17 heavy (non-hydrogen) atoms. The van der Waals surface area contributed by atoms with Gasteiger partial charge in [0.1, 0.15) is 5.41 Å². The molecule has 0 bridgehead atoms. The second-order valence-electron chi connectivity index (χ2n) is 5.10. The molecule has 0 aromatic rings. The minimum atomic E-state index is -0.751. The molecular formula is C14H24N2O. The minimum Gasteiger partial charge on any atom is -0.352 e. The van der Waals surface area contributed by atoms with Crippen LogP contribution in [-0.2, 0) is 4.79 Å². The van der Waals surface area contributed by atoms with E-state index in [2.05, 4.69) is 25.2 Å². The van der Waals surface area contributed by atoms with Gasteiger partial charge in [-0.1, -0.05) is 39.5 Å². The first-order valence-electron chi connectivity index (χ1n) is 6.90. The van der Waals surface area contributed by atoms with Gasteiger partial charge in [0.2, 0.25) is 5.91 Å². The molecule has 96 valence electrons. The lowest BCUT2D eigenvalue weighted by molar-refractivity contribution is -0.129. The summed E-state index contributed by atoms with van der Waals surface area (Å²) in [6.07, 6.45) is 7.65. The summed E-state index contributed by atoms with van der Waals surface area (Å²) >= 11 is 0. The number of hydrogen-bond donors (Lipinski definition) is 1. The Balaban J connectivity index is 2.71. The molecule has 1 saturated carbocycles. The minimum absolute atomic E-state index is 0.0319. The molecule has 1 rings (SSSR count). The fourth-order valence-corrected chi connectivity index (χ4v) is 2.54. The van der Waals surface area contributed by atoms with Crippen LogP contribution in [0.5, 0.6) is 0 Å². The van der Waals surface area contributed by atoms with Gasteiger partial charge in [0, 0.05) is 6.04 Å². The quantitative estimate of drug-likeness (QED) is 0.762. The molecule has 0 saturated heterocycles. The van der Waals surface area contributed by atoms with E-state index in [1.807, 2.05) is 0 Å². The van der Waals surface area contributed by atoms with Crippen LogP contribution in [0.25, 0.3) is 0 Å². The SMILES string of the molecule is CCC(CC)NC(=O)C1(C#N)CCCCCC1. The van der Waals surface area contributed by atoms with Crippen molar-refractivity contribution < 1.29 is 4.79 Å². The number of nitrogens with zero attached hydrogens (tertiary/aromatic N) is 1. The van der Waals surface area contributed by atoms with Crippen molar-refractivity contribution in [2.24, 2.45) is 5.41 Å². The van der Waals surface area contributed by atoms with Crippen LogP contribution in [0.2, 0.25) is 0 Å². The van der Waals surface area contributed by atoms with Gasteiger partial charge in [-0.3, -0.25) is 4.79 Å². The van der Waals surface area contributed by atoms with Crippen LogP contribution in [0.1, 0.15) is 65.2 Å². The van der Waals surface area contributed by atoms with Crippen molar-refractivity contribution in [3.8, 4) is 6.07 Å². The van der Waals surface area contributed by atoms with Crippen LogP contribution in [-0.4, -0.2) is 11.9 Å². The van der Waals surface area contributed by atoms with Crippen molar-refractivity contribution in [2.75, 3.05) is 0 Å². The van der Waals surface area contributed by atoms with Crippen LogP contribution in [0, 0.1) is 16.7 Å². The first kappa shape index (κ1) is 14.0. The van der Waals surface area contributed by atoms with Gasteiger partial charge in [0.25, 0.3) is 0 Å². The molecule has 0 aliphatic heterocycles. The van der Waals surface area contributed by atoms with Crippen molar-refractivity contribution in [1.29, 1.82) is 5.26 Å². The van der Waals surface area contributed by atoms with Crippen LogP contribution in [0.15, 0.2) is 0 Å². The van der Waals surface area contributed by atoms with Gasteiger partial charge < -0.3 is 5.32 Å². The van der Waals surface area contributed by atoms with Crippen molar-refractivity contribution in [3.05, 3.63) is 0 Å². The number of nitriles is 1. The number of hydrogen-bond acceptors (Lipinski definition) is 2. The van der Waals surface area contributed by atoms with Gasteiger partial charge in [-0.05, 0) is 25.7 Å². The van der Waals surface area contributed by atoms with E-state index in [1.54, 1.807) is 0 Å². The first-order chi connectivity index (χ1) is 8.18. The number of amides is 1. The van der Waals surface area contributed by atoms with E-state index in [-0.39, 0.29) is 11.9 Å². The highest BCUT2D eigenvalue weighted by molar-refractivity contribution is 5.85. The van der Waals surface area contributed by atoms with Gasteiger partial charge in [-0.25, -0.2) is 0 Å². The van der Waals surface area contributed by atoms with E-state index in [1.165, 1.54) is 0 Å². The van der Waals surface area contributed by atoms with E-state index in [9.17, 15) is 10.1 Å². The standard InChI is InChI=1S/C14H24N2O/c1-3-12(4-2)16-13(17)14(11-15)9-7-5-6-8-10-14/h12H,3-10H2,1-2H3,(H,16,17). The molecule has 1 fully saturated rings. The van der Waals surface area contributed by atoms with Gasteiger partial charge in [0.15, 0.2) is 0 Å². The highest BCUT2D eigenvalue weighted by Crippen LogP contribution is 2.34. The summed E-state index contributed by atoms with van der Waals surface area (Å²) in [5, 5.41) is 12.4. The Bertz CT molecular complexity index is 281. The molecule has 0 atom stereocenters. The molecule has 0 aromatic heterocycles. The summed E-state index contributed by atoms with van der Waals surface area (Å²) in [6, 6.07) is 2.52. The number of nitrogens with one attached hydrogen (secondary N) is 1. The van der Waals surface area contributed by atoms with Crippen LogP contribution < -0.4 is 5.32 Å². The summed E-state index contributed by atoms with van der Waals surface area (Å²) < 4.78 is 0. The lowest BCUT2D eigenvalue weighted by Gasteiger charge is -2.26. The lowest BCUT2D eigenvalue weighted by atomic mass is 9.80. The zero-order chi connectivity index (χ0) is 12.7. The Labute approximate surface area is 105 Å². The lowest BCUT2D eigenvalue weighted by Crippen LogP contribution is -2.44. The Kier molecular flexibility index (Phi) is 5.47.